The van der Waals surface area contributed by atoms with Gasteiger partial charge in [-0.3, -0.25) is 5.32 Å². The molecule has 0 radical (unpaired) electrons. The summed E-state index contributed by atoms with van der Waals surface area (Å²) >= 11 is 0. The molecule has 0 aliphatic carbocycles. The van der Waals surface area contributed by atoms with Crippen molar-refractivity contribution in [1.82, 2.24) is 14.8 Å². The van der Waals surface area contributed by atoms with Crippen LogP contribution in [0.15, 0.2) is 66.9 Å². The van der Waals surface area contributed by atoms with Crippen LogP contribution in [0.1, 0.15) is 42.5 Å². The van der Waals surface area contributed by atoms with Crippen molar-refractivity contribution in [3.05, 3.63) is 89.6 Å². The van der Waals surface area contributed by atoms with E-state index >= 15 is 0 Å². The van der Waals surface area contributed by atoms with Crippen LogP contribution in [-0.4, -0.2) is 32.9 Å². The highest BCUT2D eigenvalue weighted by Crippen LogP contribution is 2.38. The van der Waals surface area contributed by atoms with E-state index in [-0.39, 0.29) is 28.7 Å². The summed E-state index contributed by atoms with van der Waals surface area (Å²) in [6.45, 7) is 5.61. The molecule has 2 aromatic heterocycles. The van der Waals surface area contributed by atoms with Gasteiger partial charge in [0.25, 0.3) is 0 Å². The molecule has 0 aliphatic heterocycles. The molecule has 43 heavy (non-hydrogen) atoms. The van der Waals surface area contributed by atoms with Gasteiger partial charge in [0, 0.05) is 23.7 Å². The highest BCUT2D eigenvalue weighted by Gasteiger charge is 2.35. The fourth-order valence-corrected chi connectivity index (χ4v) is 3.71. The fraction of sp³-hybridized carbons (Fsp3) is 0.179. The van der Waals surface area contributed by atoms with Crippen LogP contribution in [0.5, 0.6) is 11.5 Å². The molecule has 2 heterocycles. The second-order valence-electron chi connectivity index (χ2n) is 10.0. The van der Waals surface area contributed by atoms with Gasteiger partial charge in [0.2, 0.25) is 0 Å². The number of nitrogens with one attached hydrogen (secondary N) is 2. The monoisotopic (exact) mass is 600 g/mol. The first-order valence-corrected chi connectivity index (χ1v) is 12.4. The Hall–Kier alpha value is -5.47. The lowest BCUT2D eigenvalue weighted by molar-refractivity contribution is -0.137. The number of amides is 3. The average Bonchev–Trinajstić information content (AvgIpc) is 3.33. The third-order valence-corrected chi connectivity index (χ3v) is 5.69. The van der Waals surface area contributed by atoms with E-state index in [1.165, 1.54) is 35.0 Å². The number of nitrogens with two attached hydrogens (primary N) is 1. The van der Waals surface area contributed by atoms with Crippen molar-refractivity contribution in [3.8, 4) is 17.2 Å². The summed E-state index contributed by atoms with van der Waals surface area (Å²) in [5.41, 5.74) is 2.93. The zero-order valence-corrected chi connectivity index (χ0v) is 22.8. The second-order valence-corrected chi connectivity index (χ2v) is 10.0. The van der Waals surface area contributed by atoms with E-state index in [4.69, 9.17) is 10.5 Å². The summed E-state index contributed by atoms with van der Waals surface area (Å²) in [6, 6.07) is 11.0. The minimum atomic E-state index is -4.92. The fourth-order valence-electron chi connectivity index (χ4n) is 3.71. The maximum absolute atomic E-state index is 14.0. The summed E-state index contributed by atoms with van der Waals surface area (Å²) in [5.74, 6) is -2.04. The molecule has 0 spiro atoms. The van der Waals surface area contributed by atoms with Crippen LogP contribution < -0.4 is 21.1 Å². The lowest BCUT2D eigenvalue weighted by Crippen LogP contribution is -2.23. The molecule has 11 nitrogen and oxygen atoms in total. The maximum atomic E-state index is 14.0. The number of halogens is 4. The number of aromatic nitrogens is 3. The van der Waals surface area contributed by atoms with Gasteiger partial charge in [-0.25, -0.2) is 28.4 Å². The maximum Gasteiger partial charge on any atom is 0.418 e. The molecular weight excluding hydrogens is 576 g/mol. The average molecular weight is 601 g/mol. The van der Waals surface area contributed by atoms with Gasteiger partial charge in [0.1, 0.15) is 23.1 Å². The van der Waals surface area contributed by atoms with Crippen molar-refractivity contribution in [1.29, 1.82) is 0 Å². The first kappa shape index (κ1) is 30.5. The molecule has 4 N–H and O–H groups in total. The molecule has 0 bridgehead atoms. The Balaban J connectivity index is 1.59. The minimum absolute atomic E-state index is 0.0879. The van der Waals surface area contributed by atoms with Gasteiger partial charge in [-0.1, -0.05) is 26.8 Å². The van der Waals surface area contributed by atoms with Crippen LogP contribution in [0.2, 0.25) is 0 Å². The van der Waals surface area contributed by atoms with Gasteiger partial charge in [-0.2, -0.15) is 18.3 Å². The van der Waals surface area contributed by atoms with Gasteiger partial charge in [-0.15, -0.1) is 0 Å². The number of benzene rings is 2. The summed E-state index contributed by atoms with van der Waals surface area (Å²) in [6.07, 6.45) is -5.18. The number of hydrogen-bond donors (Lipinski definition) is 3. The highest BCUT2D eigenvalue weighted by molar-refractivity contribution is 6.00. The topological polar surface area (TPSA) is 150 Å². The Labute approximate surface area is 241 Å². The molecule has 2 aromatic carbocycles. The third-order valence-electron chi connectivity index (χ3n) is 5.69. The van der Waals surface area contributed by atoms with Crippen molar-refractivity contribution in [2.24, 2.45) is 5.73 Å². The van der Waals surface area contributed by atoms with Crippen molar-refractivity contribution in [3.63, 3.8) is 0 Å². The molecule has 0 saturated carbocycles. The van der Waals surface area contributed by atoms with Crippen LogP contribution in [0.4, 0.5) is 38.7 Å². The van der Waals surface area contributed by atoms with E-state index in [0.717, 1.165) is 24.4 Å². The quantitative estimate of drug-likeness (QED) is 0.132. The van der Waals surface area contributed by atoms with Gasteiger partial charge in [0.05, 0.1) is 22.6 Å². The molecule has 0 fully saturated rings. The SMILES string of the molecule is CC(C)(C)c1cc(NC(=O)Nc2ccc(Oc3ccnc(C(=O)OC(N)=O)c3)cc2C(F)(F)F)n(-c2cccc(F)c2)n1. The van der Waals surface area contributed by atoms with Gasteiger partial charge in [-0.05, 0) is 42.5 Å². The number of urea groups is 1. The number of pyridine rings is 1. The Morgan fingerprint density at radius 3 is 2.30 bits per heavy atom. The minimum Gasteiger partial charge on any atom is -0.457 e. The van der Waals surface area contributed by atoms with Gasteiger partial charge in [0.15, 0.2) is 5.69 Å². The number of nitrogens with zero attached hydrogens (tertiary/aromatic N) is 3. The number of carbonyl (C=O) groups excluding carboxylic acids is 3. The lowest BCUT2D eigenvalue weighted by Gasteiger charge is -2.16. The Morgan fingerprint density at radius 2 is 1.65 bits per heavy atom. The van der Waals surface area contributed by atoms with Crippen LogP contribution in [0, 0.1) is 5.82 Å². The molecule has 0 atom stereocenters. The normalized spacial score (nSPS) is 11.5. The summed E-state index contributed by atoms with van der Waals surface area (Å²) in [5, 5.41) is 9.11. The molecular formula is C28H24F4N6O5. The van der Waals surface area contributed by atoms with Crippen molar-refractivity contribution < 1.29 is 41.4 Å². The zero-order chi connectivity index (χ0) is 31.5. The lowest BCUT2D eigenvalue weighted by atomic mass is 9.92. The molecule has 0 unspecified atom stereocenters. The first-order valence-electron chi connectivity index (χ1n) is 12.4. The summed E-state index contributed by atoms with van der Waals surface area (Å²) in [4.78, 5) is 39.2. The van der Waals surface area contributed by atoms with Crippen LogP contribution in [0.25, 0.3) is 5.69 Å². The van der Waals surface area contributed by atoms with E-state index in [0.29, 0.717) is 11.8 Å². The molecule has 4 aromatic rings. The number of carbonyl (C=O) groups is 3. The highest BCUT2D eigenvalue weighted by atomic mass is 19.4. The van der Waals surface area contributed by atoms with Crippen LogP contribution in [-0.2, 0) is 16.3 Å². The van der Waals surface area contributed by atoms with Crippen LogP contribution in [0.3, 0.4) is 0 Å². The van der Waals surface area contributed by atoms with Crippen molar-refractivity contribution >= 4 is 29.6 Å². The van der Waals surface area contributed by atoms with E-state index in [9.17, 15) is 31.9 Å². The Bertz CT molecular complexity index is 1700. The largest absolute Gasteiger partial charge is 0.457 e. The van der Waals surface area contributed by atoms with Gasteiger partial charge < -0.3 is 20.5 Å². The van der Waals surface area contributed by atoms with E-state index < -0.39 is 46.8 Å². The predicted octanol–water partition coefficient (Wildman–Crippen LogP) is 6.39. The first-order chi connectivity index (χ1) is 20.1. The zero-order valence-electron chi connectivity index (χ0n) is 22.8. The molecule has 224 valence electrons. The Morgan fingerprint density at radius 1 is 0.930 bits per heavy atom. The predicted molar refractivity (Wildman–Crippen MR) is 146 cm³/mol. The van der Waals surface area contributed by atoms with Crippen molar-refractivity contribution in [2.45, 2.75) is 32.4 Å². The van der Waals surface area contributed by atoms with E-state index in [2.05, 4.69) is 25.5 Å². The second kappa shape index (κ2) is 11.8. The molecule has 4 rings (SSSR count). The number of ether oxygens (including phenoxy) is 2. The summed E-state index contributed by atoms with van der Waals surface area (Å²) in [7, 11) is 0. The van der Waals surface area contributed by atoms with Crippen LogP contribution >= 0.6 is 0 Å². The molecule has 3 amide bonds. The number of alkyl halides is 3. The molecule has 0 aliphatic rings. The number of anilines is 2. The van der Waals surface area contributed by atoms with E-state index in [1.807, 2.05) is 20.8 Å². The molecule has 15 heteroatoms. The third kappa shape index (κ3) is 7.63. The van der Waals surface area contributed by atoms with Gasteiger partial charge >= 0.3 is 24.3 Å². The molecule has 0 saturated heterocycles. The number of primary amides is 1. The summed E-state index contributed by atoms with van der Waals surface area (Å²) < 4.78 is 66.8. The number of esters is 1. The Kier molecular flexibility index (Phi) is 8.36. The number of rotatable bonds is 6. The van der Waals surface area contributed by atoms with Crippen molar-refractivity contribution in [2.75, 3.05) is 10.6 Å². The van der Waals surface area contributed by atoms with E-state index in [1.54, 1.807) is 6.07 Å². The standard InChI is InChI=1S/C28H24F4N6O5/c1-27(2,3)22-14-23(38(37-22)16-6-4-5-15(29)11-16)36-26(41)35-20-8-7-17(12-19(20)28(30,31)32)42-18-9-10-34-21(13-18)24(39)43-25(33)40/h4-14H,1-3H3,(H2,33,40)(H2,35,36,41). The number of hydrogen-bond acceptors (Lipinski definition) is 7. The smallest absolute Gasteiger partial charge is 0.418 e.